The van der Waals surface area contributed by atoms with Crippen LogP contribution < -0.4 is 22.1 Å². The summed E-state index contributed by atoms with van der Waals surface area (Å²) >= 11 is 0. The zero-order chi connectivity index (χ0) is 24.9. The predicted octanol–water partition coefficient (Wildman–Crippen LogP) is 4.59. The molecule has 8 nitrogen and oxygen atoms in total. The molecule has 2 heterocycles. The molecule has 1 saturated carbocycles. The highest BCUT2D eigenvalue weighted by Gasteiger charge is 2.23. The predicted molar refractivity (Wildman–Crippen MR) is 144 cm³/mol. The van der Waals surface area contributed by atoms with Crippen LogP contribution in [0, 0.1) is 0 Å². The highest BCUT2D eigenvalue weighted by Crippen LogP contribution is 2.29. The molecule has 2 aromatic heterocycles. The summed E-state index contributed by atoms with van der Waals surface area (Å²) in [5.41, 5.74) is 15.5. The van der Waals surface area contributed by atoms with Gasteiger partial charge in [-0.2, -0.15) is 4.98 Å². The fourth-order valence-electron chi connectivity index (χ4n) is 4.98. The molecule has 0 spiro atoms. The number of benzene rings is 2. The van der Waals surface area contributed by atoms with Gasteiger partial charge >= 0.3 is 0 Å². The number of nitrogens with one attached hydrogen (secondary N) is 2. The average Bonchev–Trinajstić information content (AvgIpc) is 3.30. The first-order valence-corrected chi connectivity index (χ1v) is 12.7. The van der Waals surface area contributed by atoms with Crippen molar-refractivity contribution in [3.8, 4) is 0 Å². The molecule has 1 amide bonds. The van der Waals surface area contributed by atoms with Gasteiger partial charge in [-0.05, 0) is 49.4 Å². The number of aromatic nitrogens is 3. The van der Waals surface area contributed by atoms with Gasteiger partial charge in [0.2, 0.25) is 5.95 Å². The van der Waals surface area contributed by atoms with Crippen molar-refractivity contribution < 1.29 is 4.79 Å². The van der Waals surface area contributed by atoms with E-state index in [1.54, 1.807) is 0 Å². The van der Waals surface area contributed by atoms with Crippen molar-refractivity contribution >= 4 is 34.3 Å². The van der Waals surface area contributed by atoms with Gasteiger partial charge in [0.05, 0.1) is 5.52 Å². The molecule has 1 aliphatic carbocycles. The molecule has 186 valence electrons. The fourth-order valence-corrected chi connectivity index (χ4v) is 4.98. The fraction of sp³-hybridized carbons (Fsp3) is 0.321. The third-order valence-corrected chi connectivity index (χ3v) is 6.96. The number of carbonyl (C=O) groups excluding carboxylic acids is 1. The normalized spacial score (nSPS) is 17.7. The number of hydrogen-bond acceptors (Lipinski definition) is 6. The summed E-state index contributed by atoms with van der Waals surface area (Å²) in [6.07, 6.45) is 9.87. The van der Waals surface area contributed by atoms with Crippen LogP contribution in [0.2, 0.25) is 0 Å². The molecule has 1 aliphatic rings. The summed E-state index contributed by atoms with van der Waals surface area (Å²) in [4.78, 5) is 21.1. The van der Waals surface area contributed by atoms with Crippen molar-refractivity contribution in [3.63, 3.8) is 0 Å². The Morgan fingerprint density at radius 3 is 2.69 bits per heavy atom. The number of primary amides is 1. The Labute approximate surface area is 211 Å². The monoisotopic (exact) mass is 483 g/mol. The zero-order valence-electron chi connectivity index (χ0n) is 20.4. The van der Waals surface area contributed by atoms with E-state index in [2.05, 4.69) is 67.8 Å². The van der Waals surface area contributed by atoms with Crippen LogP contribution in [0.1, 0.15) is 48.0 Å². The quantitative estimate of drug-likeness (QED) is 0.276. The van der Waals surface area contributed by atoms with Gasteiger partial charge in [-0.25, -0.2) is 4.98 Å². The number of nitrogens with two attached hydrogens (primary N) is 2. The van der Waals surface area contributed by atoms with Crippen molar-refractivity contribution in [2.45, 2.75) is 57.2 Å². The lowest BCUT2D eigenvalue weighted by atomic mass is 9.91. The summed E-state index contributed by atoms with van der Waals surface area (Å²) in [5.74, 6) is 0.244. The van der Waals surface area contributed by atoms with Gasteiger partial charge < -0.3 is 26.7 Å². The third-order valence-electron chi connectivity index (χ3n) is 6.96. The lowest BCUT2D eigenvalue weighted by Crippen LogP contribution is -2.43. The molecule has 2 aromatic carbocycles. The second-order valence-electron chi connectivity index (χ2n) is 9.48. The van der Waals surface area contributed by atoms with Gasteiger partial charge in [-0.1, -0.05) is 49.2 Å². The SMILES string of the molecule is NC(=O)c1cnc(NC2CCCCC2N)nc1Nc1cccc2c1ccn2CCCc1ccccc1. The number of hydrogen-bond donors (Lipinski definition) is 4. The van der Waals surface area contributed by atoms with E-state index in [-0.39, 0.29) is 17.6 Å². The Morgan fingerprint density at radius 1 is 1.06 bits per heavy atom. The summed E-state index contributed by atoms with van der Waals surface area (Å²) < 4.78 is 2.26. The van der Waals surface area contributed by atoms with Crippen LogP contribution in [-0.2, 0) is 13.0 Å². The van der Waals surface area contributed by atoms with E-state index in [1.165, 1.54) is 11.8 Å². The molecule has 36 heavy (non-hydrogen) atoms. The van der Waals surface area contributed by atoms with Crippen LogP contribution in [0.3, 0.4) is 0 Å². The molecular weight excluding hydrogens is 450 g/mol. The Hall–Kier alpha value is -3.91. The molecule has 5 rings (SSSR count). The van der Waals surface area contributed by atoms with E-state index in [1.807, 2.05) is 18.2 Å². The summed E-state index contributed by atoms with van der Waals surface area (Å²) in [6, 6.07) is 18.9. The Morgan fingerprint density at radius 2 is 1.89 bits per heavy atom. The van der Waals surface area contributed by atoms with Crippen LogP contribution >= 0.6 is 0 Å². The highest BCUT2D eigenvalue weighted by molar-refractivity contribution is 6.00. The first kappa shape index (κ1) is 23.8. The zero-order valence-corrected chi connectivity index (χ0v) is 20.4. The molecule has 8 heteroatoms. The van der Waals surface area contributed by atoms with E-state index >= 15 is 0 Å². The van der Waals surface area contributed by atoms with Crippen LogP contribution in [0.15, 0.2) is 67.0 Å². The second kappa shape index (κ2) is 10.8. The van der Waals surface area contributed by atoms with Gasteiger partial charge in [0, 0.05) is 42.1 Å². The second-order valence-corrected chi connectivity index (χ2v) is 9.48. The maximum Gasteiger partial charge on any atom is 0.254 e. The van der Waals surface area contributed by atoms with Gasteiger partial charge in [0.1, 0.15) is 11.4 Å². The minimum atomic E-state index is -0.580. The molecule has 2 atom stereocenters. The maximum absolute atomic E-state index is 12.1. The first-order valence-electron chi connectivity index (χ1n) is 12.7. The van der Waals surface area contributed by atoms with Gasteiger partial charge in [0.15, 0.2) is 0 Å². The van der Waals surface area contributed by atoms with Crippen molar-refractivity contribution in [1.29, 1.82) is 0 Å². The van der Waals surface area contributed by atoms with E-state index in [0.29, 0.717) is 11.8 Å². The van der Waals surface area contributed by atoms with Crippen LogP contribution in [0.5, 0.6) is 0 Å². The minimum absolute atomic E-state index is 0.0602. The Bertz CT molecular complexity index is 1330. The van der Waals surface area contributed by atoms with E-state index < -0.39 is 5.91 Å². The first-order chi connectivity index (χ1) is 17.6. The van der Waals surface area contributed by atoms with E-state index in [4.69, 9.17) is 11.5 Å². The van der Waals surface area contributed by atoms with Crippen molar-refractivity contribution in [2.75, 3.05) is 10.6 Å². The topological polar surface area (TPSA) is 124 Å². The van der Waals surface area contributed by atoms with E-state index in [9.17, 15) is 4.79 Å². The maximum atomic E-state index is 12.1. The third kappa shape index (κ3) is 5.33. The Kier molecular flexibility index (Phi) is 7.13. The smallest absolute Gasteiger partial charge is 0.254 e. The standard InChI is InChI=1S/C28H33N7O/c29-22-11-4-5-12-24(22)33-28-31-18-21(26(30)36)27(34-28)32-23-13-6-14-25-20(23)15-17-35(25)16-7-10-19-8-2-1-3-9-19/h1-3,6,8-9,13-15,17-18,22,24H,4-5,7,10-12,16,29H2,(H2,30,36)(H2,31,32,33,34). The van der Waals surface area contributed by atoms with Crippen LogP contribution in [0.4, 0.5) is 17.5 Å². The van der Waals surface area contributed by atoms with Crippen molar-refractivity contribution in [1.82, 2.24) is 14.5 Å². The molecule has 1 fully saturated rings. The Balaban J connectivity index is 1.36. The number of aryl methyl sites for hydroxylation is 2. The molecule has 0 bridgehead atoms. The largest absolute Gasteiger partial charge is 0.365 e. The summed E-state index contributed by atoms with van der Waals surface area (Å²) in [6.45, 7) is 0.914. The van der Waals surface area contributed by atoms with Crippen molar-refractivity contribution in [3.05, 3.63) is 78.1 Å². The van der Waals surface area contributed by atoms with Gasteiger partial charge in [0.25, 0.3) is 5.91 Å². The molecule has 0 radical (unpaired) electrons. The average molecular weight is 484 g/mol. The minimum Gasteiger partial charge on any atom is -0.365 e. The molecule has 2 unspecified atom stereocenters. The van der Waals surface area contributed by atoms with Crippen LogP contribution in [0.25, 0.3) is 10.9 Å². The van der Waals surface area contributed by atoms with Crippen LogP contribution in [-0.4, -0.2) is 32.5 Å². The van der Waals surface area contributed by atoms with Gasteiger partial charge in [-0.3, -0.25) is 4.79 Å². The van der Waals surface area contributed by atoms with Crippen molar-refractivity contribution in [2.24, 2.45) is 11.5 Å². The lowest BCUT2D eigenvalue weighted by molar-refractivity contribution is 0.100. The molecular formula is C28H33N7O. The number of rotatable bonds is 9. The summed E-state index contributed by atoms with van der Waals surface area (Å²) in [7, 11) is 0. The molecule has 6 N–H and O–H groups in total. The lowest BCUT2D eigenvalue weighted by Gasteiger charge is -2.29. The summed E-state index contributed by atoms with van der Waals surface area (Å²) in [5, 5.41) is 7.75. The number of nitrogens with zero attached hydrogens (tertiary/aromatic N) is 3. The molecule has 0 saturated heterocycles. The molecule has 0 aliphatic heterocycles. The number of carbonyl (C=O) groups is 1. The molecule has 4 aromatic rings. The van der Waals surface area contributed by atoms with E-state index in [0.717, 1.165) is 61.7 Å². The van der Waals surface area contributed by atoms with Gasteiger partial charge in [-0.15, -0.1) is 0 Å². The number of fused-ring (bicyclic) bond motifs is 1. The highest BCUT2D eigenvalue weighted by atomic mass is 16.1. The number of anilines is 3. The number of amides is 1.